The summed E-state index contributed by atoms with van der Waals surface area (Å²) in [7, 11) is 0. The van der Waals surface area contributed by atoms with Crippen LogP contribution in [0.3, 0.4) is 0 Å². The first kappa shape index (κ1) is 68.3. The normalized spacial score (nSPS) is 14.3. The predicted octanol–water partition coefficient (Wildman–Crippen LogP) is 30.5. The van der Waals surface area contributed by atoms with Gasteiger partial charge in [0.25, 0.3) is 0 Å². The highest BCUT2D eigenvalue weighted by Gasteiger charge is 2.58. The van der Waals surface area contributed by atoms with Gasteiger partial charge in [0.15, 0.2) is 6.29 Å². The molecule has 0 bridgehead atoms. The summed E-state index contributed by atoms with van der Waals surface area (Å²) in [5.74, 6) is 0. The molecule has 0 saturated carbocycles. The highest BCUT2D eigenvalue weighted by molar-refractivity contribution is 7.25. The number of benzene rings is 4. The van der Waals surface area contributed by atoms with E-state index in [0.717, 1.165) is 11.2 Å². The van der Waals surface area contributed by atoms with Gasteiger partial charge in [0, 0.05) is 60.1 Å². The zero-order chi connectivity index (χ0) is 65.4. The second kappa shape index (κ2) is 31.3. The Labute approximate surface area is 595 Å². The smallest absolute Gasteiger partial charge is 0.160 e. The molecule has 0 N–H and O–H groups in total. The molecule has 0 radical (unpaired) electrons. The molecule has 3 aliphatic carbocycles. The number of thiophene rings is 6. The number of rotatable bonds is 37. The molecule has 4 aromatic carbocycles. The fourth-order valence-electron chi connectivity index (χ4n) is 17.6. The molecule has 6 heterocycles. The highest BCUT2D eigenvalue weighted by atomic mass is 32.1. The van der Waals surface area contributed by atoms with Crippen molar-refractivity contribution in [3.63, 3.8) is 0 Å². The summed E-state index contributed by atoms with van der Waals surface area (Å²) in [6, 6.07) is 51.9. The lowest BCUT2D eigenvalue weighted by Gasteiger charge is -2.40. The summed E-state index contributed by atoms with van der Waals surface area (Å²) in [5.41, 5.74) is 23.3. The third-order valence-electron chi connectivity index (χ3n) is 22.3. The van der Waals surface area contributed by atoms with Crippen molar-refractivity contribution in [1.82, 2.24) is 0 Å². The van der Waals surface area contributed by atoms with Crippen molar-refractivity contribution in [3.05, 3.63) is 176 Å². The summed E-state index contributed by atoms with van der Waals surface area (Å²) in [6.07, 6.45) is 38.2. The summed E-state index contributed by atoms with van der Waals surface area (Å²) in [5, 5.41) is 4.47. The molecule has 0 spiro atoms. The highest BCUT2D eigenvalue weighted by Crippen LogP contribution is 2.72. The van der Waals surface area contributed by atoms with Gasteiger partial charge >= 0.3 is 0 Å². The first-order chi connectivity index (χ1) is 46.8. The summed E-state index contributed by atoms with van der Waals surface area (Å²) >= 11 is 11.2. The number of carbonyl (C=O) groups is 1. The van der Waals surface area contributed by atoms with Gasteiger partial charge in [0.2, 0.25) is 0 Å². The summed E-state index contributed by atoms with van der Waals surface area (Å²) < 4.78 is 0. The minimum atomic E-state index is -0.195. The Morgan fingerprint density at radius 1 is 0.295 bits per heavy atom. The number of unbranched alkanes of at least 4 members (excludes halogenated alkanes) is 18. The number of hydrogen-bond acceptors (Lipinski definition) is 7. The van der Waals surface area contributed by atoms with Gasteiger partial charge in [-0.3, -0.25) is 4.79 Å². The molecule has 0 aliphatic heterocycles. The number of aldehydes is 1. The molecule has 10 aromatic rings. The van der Waals surface area contributed by atoms with Crippen molar-refractivity contribution < 1.29 is 4.79 Å². The van der Waals surface area contributed by atoms with Crippen molar-refractivity contribution >= 4 is 74.3 Å². The molecule has 7 heteroatoms. The van der Waals surface area contributed by atoms with Crippen LogP contribution in [0.1, 0.15) is 277 Å². The van der Waals surface area contributed by atoms with E-state index in [1.54, 1.807) is 78.1 Å². The van der Waals surface area contributed by atoms with Crippen LogP contribution in [0.5, 0.6) is 0 Å². The lowest BCUT2D eigenvalue weighted by atomic mass is 9.63. The SMILES string of the molecule is CCCCCCC1(CCCCCC)c2cc(-c3ccc(-c4cccs4)s3)ccc2-c2c1c1c(c3c2C(CCCCCC)(CCCCCC)c2cc(-c4ccc(-c5ccc(C=O)s5)s4)ccc2-3)C(CCCCCC)(CCCCCC)c2cc(-c3ccc(-c4cccs4)s3)ccc2-1. The van der Waals surface area contributed by atoms with Crippen LogP contribution in [0.2, 0.25) is 0 Å². The van der Waals surface area contributed by atoms with Crippen molar-refractivity contribution in [3.8, 4) is 94.0 Å². The van der Waals surface area contributed by atoms with E-state index in [9.17, 15) is 4.79 Å². The Kier molecular flexibility index (Phi) is 22.5. The van der Waals surface area contributed by atoms with Crippen molar-refractivity contribution in [1.29, 1.82) is 0 Å². The predicted molar refractivity (Wildman–Crippen MR) is 423 cm³/mol. The maximum absolute atomic E-state index is 12.0. The average Bonchev–Trinajstić information content (AvgIpc) is 1.48. The van der Waals surface area contributed by atoms with Crippen molar-refractivity contribution in [2.75, 3.05) is 0 Å². The van der Waals surface area contributed by atoms with E-state index in [1.165, 1.54) is 253 Å². The molecule has 0 saturated heterocycles. The van der Waals surface area contributed by atoms with E-state index in [0.29, 0.717) is 0 Å². The Balaban J connectivity index is 1.17. The standard InChI is InChI=1S/C88H102OS6/c1-7-13-19-25-49-86(50-26-20-14-8-2)69-58-62(72-44-47-77(94-72)75-34-32-56-91-75)36-40-66(69)81-83(86)80-65-39-35-61(71-43-46-76(93-71)74-33-31-55-90-74)57-68(65)87(51-27-21-15-9-3,52-28-22-16-10-4)84(80)82-67-41-37-63(73-45-48-79(95-73)78-42-38-64(60-89)92-78)59-70(67)88(85(81)82,53-29-23-17-11-5)54-30-24-18-12-6/h31-48,55-60H,7-30,49-54H2,1-6H3. The zero-order valence-electron chi connectivity index (χ0n) is 57.9. The molecule has 0 unspecified atom stereocenters. The first-order valence-electron chi connectivity index (χ1n) is 37.4. The van der Waals surface area contributed by atoms with Gasteiger partial charge in [0.05, 0.1) is 4.88 Å². The van der Waals surface area contributed by atoms with Crippen LogP contribution in [0.15, 0.2) is 138 Å². The van der Waals surface area contributed by atoms with Crippen LogP contribution in [0.4, 0.5) is 0 Å². The molecule has 1 nitrogen and oxygen atoms in total. The van der Waals surface area contributed by atoms with E-state index in [-0.39, 0.29) is 16.2 Å². The lowest BCUT2D eigenvalue weighted by molar-refractivity contribution is 0.112. The van der Waals surface area contributed by atoms with E-state index < -0.39 is 0 Å². The molecular weight excluding hydrogens is 1270 g/mol. The second-order valence-corrected chi connectivity index (χ2v) is 34.7. The molecule has 3 aliphatic rings. The minimum absolute atomic E-state index is 0.177. The van der Waals surface area contributed by atoms with Crippen LogP contribution in [-0.4, -0.2) is 6.29 Å². The van der Waals surface area contributed by atoms with E-state index in [1.807, 2.05) is 62.8 Å². The maximum Gasteiger partial charge on any atom is 0.160 e. The van der Waals surface area contributed by atoms with Gasteiger partial charge in [-0.05, 0) is 212 Å². The average molecular weight is 1370 g/mol. The van der Waals surface area contributed by atoms with Crippen LogP contribution >= 0.6 is 68.0 Å². The molecule has 0 fully saturated rings. The maximum atomic E-state index is 12.0. The van der Waals surface area contributed by atoms with Gasteiger partial charge in [-0.2, -0.15) is 0 Å². The molecule has 496 valence electrons. The molecule has 6 aromatic heterocycles. The van der Waals surface area contributed by atoms with Crippen LogP contribution in [0, 0.1) is 0 Å². The molecule has 0 amide bonds. The Bertz CT molecular complexity index is 4050. The number of fused-ring (bicyclic) bond motifs is 12. The monoisotopic (exact) mass is 1370 g/mol. The molecular formula is C88H102OS6. The van der Waals surface area contributed by atoms with Gasteiger partial charge in [-0.15, -0.1) is 68.0 Å². The quantitative estimate of drug-likeness (QED) is 0.0280. The zero-order valence-corrected chi connectivity index (χ0v) is 62.8. The third-order valence-corrected chi connectivity index (χ3v) is 29.0. The van der Waals surface area contributed by atoms with Gasteiger partial charge in [-0.25, -0.2) is 0 Å². The second-order valence-electron chi connectivity index (χ2n) is 28.4. The van der Waals surface area contributed by atoms with Crippen LogP contribution < -0.4 is 0 Å². The van der Waals surface area contributed by atoms with E-state index in [2.05, 4.69) is 174 Å². The van der Waals surface area contributed by atoms with Gasteiger partial charge in [-0.1, -0.05) is 244 Å². The van der Waals surface area contributed by atoms with Crippen molar-refractivity contribution in [2.24, 2.45) is 0 Å². The van der Waals surface area contributed by atoms with Crippen LogP contribution in [-0.2, 0) is 16.2 Å². The van der Waals surface area contributed by atoms with E-state index in [4.69, 9.17) is 0 Å². The fourth-order valence-corrected chi connectivity index (χ4v) is 23.2. The largest absolute Gasteiger partial charge is 0.297 e. The number of hydrogen-bond donors (Lipinski definition) is 0. The van der Waals surface area contributed by atoms with Gasteiger partial charge in [0.1, 0.15) is 0 Å². The molecule has 13 rings (SSSR count). The summed E-state index contributed by atoms with van der Waals surface area (Å²) in [4.78, 5) is 24.9. The minimum Gasteiger partial charge on any atom is -0.297 e. The Hall–Kier alpha value is -5.25. The number of carbonyl (C=O) groups excluding carboxylic acids is 1. The molecule has 0 atom stereocenters. The first-order valence-corrected chi connectivity index (χ1v) is 42.4. The fraction of sp³-hybridized carbons (Fsp3) is 0.443. The van der Waals surface area contributed by atoms with Gasteiger partial charge < -0.3 is 0 Å². The topological polar surface area (TPSA) is 17.1 Å². The third kappa shape index (κ3) is 13.3. The Morgan fingerprint density at radius 2 is 0.579 bits per heavy atom. The molecule has 95 heavy (non-hydrogen) atoms. The van der Waals surface area contributed by atoms with Crippen molar-refractivity contribution in [2.45, 2.75) is 250 Å². The lowest BCUT2D eigenvalue weighted by Crippen LogP contribution is -2.31. The van der Waals surface area contributed by atoms with Crippen LogP contribution in [0.25, 0.3) is 94.0 Å². The Morgan fingerprint density at radius 3 is 0.853 bits per heavy atom. The van der Waals surface area contributed by atoms with E-state index >= 15 is 0 Å². The summed E-state index contributed by atoms with van der Waals surface area (Å²) in [6.45, 7) is 14.5.